The number of rotatable bonds is 4. The molecule has 0 N–H and O–H groups in total. The summed E-state index contributed by atoms with van der Waals surface area (Å²) in [6.07, 6.45) is 3.98. The monoisotopic (exact) mass is 318 g/mol. The molecule has 122 valence electrons. The Bertz CT molecular complexity index is 737. The molecule has 1 aliphatic carbocycles. The summed E-state index contributed by atoms with van der Waals surface area (Å²) in [5.74, 6) is 1.47. The molecule has 1 aliphatic heterocycles. The van der Waals surface area contributed by atoms with Crippen molar-refractivity contribution in [1.29, 1.82) is 5.26 Å². The highest BCUT2D eigenvalue weighted by atomic mass is 16.5. The van der Waals surface area contributed by atoms with Crippen LogP contribution in [-0.2, 0) is 6.54 Å². The first-order valence-electron chi connectivity index (χ1n) is 8.76. The van der Waals surface area contributed by atoms with Crippen LogP contribution in [0, 0.1) is 17.2 Å². The molecular formula is C21H22N2O. The Hall–Kier alpha value is -2.31. The first kappa shape index (κ1) is 15.2. The van der Waals surface area contributed by atoms with Crippen LogP contribution in [0.15, 0.2) is 54.6 Å². The van der Waals surface area contributed by atoms with Crippen molar-refractivity contribution >= 4 is 0 Å². The van der Waals surface area contributed by atoms with Gasteiger partial charge in [-0.3, -0.25) is 4.90 Å². The van der Waals surface area contributed by atoms with Crippen LogP contribution in [0.4, 0.5) is 0 Å². The standard InChI is InChI=1S/C21H22N2O/c22-13-17-7-4-8-20(11-17)24-21-15-23(19-10-9-18(21)12-19)14-16-5-2-1-3-6-16/h1-8,11,18-19,21H,9-10,12,14-15H2/t18-,19+,21-/m0/s1. The summed E-state index contributed by atoms with van der Waals surface area (Å²) in [4.78, 5) is 2.58. The number of hydrogen-bond donors (Lipinski definition) is 0. The van der Waals surface area contributed by atoms with Crippen LogP contribution in [0.3, 0.4) is 0 Å². The fraction of sp³-hybridized carbons (Fsp3) is 0.381. The fourth-order valence-corrected chi connectivity index (χ4v) is 4.15. The number of benzene rings is 2. The highest BCUT2D eigenvalue weighted by molar-refractivity contribution is 5.36. The van der Waals surface area contributed by atoms with Crippen molar-refractivity contribution in [2.45, 2.75) is 38.0 Å². The van der Waals surface area contributed by atoms with Crippen LogP contribution in [0.5, 0.6) is 5.75 Å². The molecule has 0 amide bonds. The van der Waals surface area contributed by atoms with Gasteiger partial charge in [0.15, 0.2) is 0 Å². The Morgan fingerprint density at radius 1 is 1.08 bits per heavy atom. The first-order valence-corrected chi connectivity index (χ1v) is 8.76. The molecule has 1 heterocycles. The van der Waals surface area contributed by atoms with Crippen LogP contribution < -0.4 is 4.74 Å². The van der Waals surface area contributed by atoms with E-state index in [4.69, 9.17) is 10.00 Å². The van der Waals surface area contributed by atoms with E-state index in [0.29, 0.717) is 17.5 Å². The minimum absolute atomic E-state index is 0.224. The average Bonchev–Trinajstić information content (AvgIpc) is 3.06. The zero-order valence-corrected chi connectivity index (χ0v) is 13.8. The molecule has 0 spiro atoms. The van der Waals surface area contributed by atoms with Crippen LogP contribution in [0.1, 0.15) is 30.4 Å². The minimum Gasteiger partial charge on any atom is -0.489 e. The summed E-state index contributed by atoms with van der Waals surface area (Å²) in [7, 11) is 0. The van der Waals surface area contributed by atoms with Crippen molar-refractivity contribution in [1.82, 2.24) is 4.90 Å². The zero-order chi connectivity index (χ0) is 16.4. The maximum atomic E-state index is 9.07. The lowest BCUT2D eigenvalue weighted by molar-refractivity contribution is 0.0340. The highest BCUT2D eigenvalue weighted by Crippen LogP contribution is 2.39. The third kappa shape index (κ3) is 3.16. The van der Waals surface area contributed by atoms with E-state index in [2.05, 4.69) is 41.3 Å². The van der Waals surface area contributed by atoms with Gasteiger partial charge in [-0.2, -0.15) is 5.26 Å². The molecule has 0 radical (unpaired) electrons. The molecule has 0 aromatic heterocycles. The van der Waals surface area contributed by atoms with Crippen molar-refractivity contribution in [2.75, 3.05) is 6.54 Å². The molecule has 24 heavy (non-hydrogen) atoms. The predicted octanol–water partition coefficient (Wildman–Crippen LogP) is 3.99. The maximum absolute atomic E-state index is 9.07. The number of nitrogens with zero attached hydrogens (tertiary/aromatic N) is 2. The molecular weight excluding hydrogens is 296 g/mol. The Morgan fingerprint density at radius 3 is 2.79 bits per heavy atom. The quantitative estimate of drug-likeness (QED) is 0.855. The van der Waals surface area contributed by atoms with Gasteiger partial charge in [0.25, 0.3) is 0 Å². The van der Waals surface area contributed by atoms with Crippen LogP contribution in [-0.4, -0.2) is 23.6 Å². The molecule has 3 heteroatoms. The first-order chi connectivity index (χ1) is 11.8. The van der Waals surface area contributed by atoms with Crippen molar-refractivity contribution in [3.63, 3.8) is 0 Å². The smallest absolute Gasteiger partial charge is 0.121 e. The third-order valence-electron chi connectivity index (χ3n) is 5.38. The molecule has 2 aromatic rings. The van der Waals surface area contributed by atoms with Crippen molar-refractivity contribution in [3.05, 3.63) is 65.7 Å². The number of nitriles is 1. The summed E-state index contributed by atoms with van der Waals surface area (Å²) in [6.45, 7) is 1.97. The summed E-state index contributed by atoms with van der Waals surface area (Å²) >= 11 is 0. The number of ether oxygens (including phenoxy) is 1. The SMILES string of the molecule is N#Cc1cccc(O[C@H]2CN(Cc3ccccc3)[C@@H]3CC[C@H]2C3)c1. The van der Waals surface area contributed by atoms with Crippen molar-refractivity contribution in [3.8, 4) is 11.8 Å². The zero-order valence-electron chi connectivity index (χ0n) is 13.8. The Kier molecular flexibility index (Phi) is 4.23. The molecule has 1 saturated carbocycles. The lowest BCUT2D eigenvalue weighted by Crippen LogP contribution is -2.47. The summed E-state index contributed by atoms with van der Waals surface area (Å²) in [5, 5.41) is 9.07. The largest absolute Gasteiger partial charge is 0.489 e. The number of hydrogen-bond acceptors (Lipinski definition) is 3. The second kappa shape index (κ2) is 6.67. The van der Waals surface area contributed by atoms with Gasteiger partial charge in [0.1, 0.15) is 11.9 Å². The molecule has 2 aliphatic rings. The molecule has 4 rings (SSSR count). The third-order valence-corrected chi connectivity index (χ3v) is 5.38. The molecule has 2 aromatic carbocycles. The van der Waals surface area contributed by atoms with Gasteiger partial charge in [-0.05, 0) is 48.9 Å². The topological polar surface area (TPSA) is 36.3 Å². The second-order valence-corrected chi connectivity index (χ2v) is 6.94. The molecule has 2 bridgehead atoms. The number of piperidine rings is 1. The molecule has 0 unspecified atom stereocenters. The normalized spacial score (nSPS) is 26.0. The molecule has 1 saturated heterocycles. The minimum atomic E-state index is 0.224. The van der Waals surface area contributed by atoms with Gasteiger partial charge in [0.2, 0.25) is 0 Å². The van der Waals surface area contributed by atoms with E-state index in [9.17, 15) is 0 Å². The van der Waals surface area contributed by atoms with Crippen LogP contribution in [0.25, 0.3) is 0 Å². The maximum Gasteiger partial charge on any atom is 0.121 e. The van der Waals surface area contributed by atoms with Crippen LogP contribution >= 0.6 is 0 Å². The van der Waals surface area contributed by atoms with E-state index < -0.39 is 0 Å². The average molecular weight is 318 g/mol. The summed E-state index contributed by atoms with van der Waals surface area (Å²) in [5.41, 5.74) is 2.03. The Morgan fingerprint density at radius 2 is 1.96 bits per heavy atom. The Balaban J connectivity index is 1.48. The highest BCUT2D eigenvalue weighted by Gasteiger charge is 2.41. The van der Waals surface area contributed by atoms with E-state index in [1.54, 1.807) is 0 Å². The van der Waals surface area contributed by atoms with Crippen molar-refractivity contribution in [2.24, 2.45) is 5.92 Å². The van der Waals surface area contributed by atoms with E-state index >= 15 is 0 Å². The van der Waals surface area contributed by atoms with Gasteiger partial charge in [-0.1, -0.05) is 36.4 Å². The van der Waals surface area contributed by atoms with E-state index in [0.717, 1.165) is 18.8 Å². The second-order valence-electron chi connectivity index (χ2n) is 6.94. The number of fused-ring (bicyclic) bond motifs is 2. The Labute approximate surface area is 143 Å². The van der Waals surface area contributed by atoms with Gasteiger partial charge in [-0.15, -0.1) is 0 Å². The van der Waals surface area contributed by atoms with Gasteiger partial charge in [-0.25, -0.2) is 0 Å². The fourth-order valence-electron chi connectivity index (χ4n) is 4.15. The molecule has 2 fully saturated rings. The van der Waals surface area contributed by atoms with E-state index in [1.165, 1.54) is 24.8 Å². The number of likely N-dealkylation sites (tertiary alicyclic amines) is 1. The van der Waals surface area contributed by atoms with Gasteiger partial charge in [0, 0.05) is 19.1 Å². The summed E-state index contributed by atoms with van der Waals surface area (Å²) < 4.78 is 6.30. The lowest BCUT2D eigenvalue weighted by Gasteiger charge is -2.38. The molecule has 3 nitrogen and oxygen atoms in total. The van der Waals surface area contributed by atoms with E-state index in [1.807, 2.05) is 24.3 Å². The van der Waals surface area contributed by atoms with Gasteiger partial charge >= 0.3 is 0 Å². The predicted molar refractivity (Wildman–Crippen MR) is 93.6 cm³/mol. The van der Waals surface area contributed by atoms with Gasteiger partial charge in [0.05, 0.1) is 11.6 Å². The van der Waals surface area contributed by atoms with Crippen LogP contribution in [0.2, 0.25) is 0 Å². The van der Waals surface area contributed by atoms with Gasteiger partial charge < -0.3 is 4.74 Å². The molecule has 3 atom stereocenters. The van der Waals surface area contributed by atoms with E-state index in [-0.39, 0.29) is 6.10 Å². The lowest BCUT2D eigenvalue weighted by atomic mass is 9.95. The summed E-state index contributed by atoms with van der Waals surface area (Å²) in [6, 6.07) is 21.1. The van der Waals surface area contributed by atoms with Crippen molar-refractivity contribution < 1.29 is 4.74 Å².